The first-order valence-corrected chi connectivity index (χ1v) is 9.14. The summed E-state index contributed by atoms with van der Waals surface area (Å²) in [6.45, 7) is 16.2. The van der Waals surface area contributed by atoms with Crippen molar-refractivity contribution in [1.82, 2.24) is 5.01 Å². The molecule has 3 aliphatic rings. The van der Waals surface area contributed by atoms with Crippen molar-refractivity contribution < 1.29 is 4.74 Å². The molecule has 0 aromatic carbocycles. The molecule has 134 valence electrons. The van der Waals surface area contributed by atoms with E-state index in [1.165, 1.54) is 18.6 Å². The van der Waals surface area contributed by atoms with Crippen LogP contribution in [0.5, 0.6) is 0 Å². The zero-order valence-electron chi connectivity index (χ0n) is 16.4. The zero-order valence-corrected chi connectivity index (χ0v) is 16.4. The Kier molecular flexibility index (Phi) is 8.24. The third-order valence-electron chi connectivity index (χ3n) is 5.45. The minimum absolute atomic E-state index is 0.514. The molecule has 6 unspecified atom stereocenters. The molecule has 0 saturated carbocycles. The van der Waals surface area contributed by atoms with E-state index in [9.17, 15) is 0 Å². The van der Waals surface area contributed by atoms with Gasteiger partial charge in [-0.05, 0) is 52.4 Å². The molecule has 0 bridgehead atoms. The first-order valence-electron chi connectivity index (χ1n) is 9.14. The summed E-state index contributed by atoms with van der Waals surface area (Å²) in [6.07, 6.45) is 4.97. The number of ether oxygens (including phenoxy) is 1. The molecule has 3 rings (SSSR count). The molecule has 23 heavy (non-hydrogen) atoms. The maximum Gasteiger partial charge on any atom is 0.0573 e. The summed E-state index contributed by atoms with van der Waals surface area (Å²) in [7, 11) is 2.00. The van der Waals surface area contributed by atoms with Crippen LogP contribution in [-0.2, 0) is 4.74 Å². The van der Waals surface area contributed by atoms with Crippen molar-refractivity contribution in [2.24, 2.45) is 27.8 Å². The van der Waals surface area contributed by atoms with Gasteiger partial charge in [0.15, 0.2) is 0 Å². The van der Waals surface area contributed by atoms with Crippen LogP contribution in [0.1, 0.15) is 61.3 Å². The van der Waals surface area contributed by atoms with Gasteiger partial charge in [-0.3, -0.25) is 10.0 Å². The molecule has 4 heteroatoms. The van der Waals surface area contributed by atoms with Gasteiger partial charge in [0.1, 0.15) is 0 Å². The maximum atomic E-state index is 5.27. The van der Waals surface area contributed by atoms with Gasteiger partial charge in [-0.2, -0.15) is 5.10 Å². The Balaban J connectivity index is 0.000000173. The smallest absolute Gasteiger partial charge is 0.0573 e. The lowest BCUT2D eigenvalue weighted by Crippen LogP contribution is -2.23. The predicted octanol–water partition coefficient (Wildman–Crippen LogP) is 4.25. The van der Waals surface area contributed by atoms with E-state index >= 15 is 0 Å². The number of hydrogen-bond donors (Lipinski definition) is 0. The van der Waals surface area contributed by atoms with Crippen molar-refractivity contribution >= 4 is 11.9 Å². The van der Waals surface area contributed by atoms with Gasteiger partial charge >= 0.3 is 0 Å². The summed E-state index contributed by atoms with van der Waals surface area (Å²) in [6, 6.07) is 1.17. The Morgan fingerprint density at radius 3 is 1.87 bits per heavy atom. The predicted molar refractivity (Wildman–Crippen MR) is 100 cm³/mol. The van der Waals surface area contributed by atoms with Crippen LogP contribution in [0.3, 0.4) is 0 Å². The number of aliphatic imine (C=N–C) groups is 1. The minimum Gasteiger partial charge on any atom is -0.378 e. The summed E-state index contributed by atoms with van der Waals surface area (Å²) in [5.41, 5.74) is 1.32. The van der Waals surface area contributed by atoms with Gasteiger partial charge in [0, 0.05) is 37.5 Å². The highest BCUT2D eigenvalue weighted by molar-refractivity contribution is 5.83. The SMILES string of the molecule is CC1=NC(C)C(C)C1.CC1C=NN(C)C1C.CC1CCOC1C. The quantitative estimate of drug-likeness (QED) is 0.668. The Morgan fingerprint density at radius 1 is 1.09 bits per heavy atom. The fourth-order valence-corrected chi connectivity index (χ4v) is 2.78. The van der Waals surface area contributed by atoms with Gasteiger partial charge < -0.3 is 4.74 Å². The van der Waals surface area contributed by atoms with Gasteiger partial charge in [0.2, 0.25) is 0 Å². The standard InChI is InChI=1S/C7H13N.C6H12N2.C6H12O/c1-5-4-6(2)8-7(5)3;1-5-4-7-8(3)6(5)2;1-5-3-4-7-6(5)2/h5,7H,4H2,1-3H3;4-6H,1-3H3;5-6H,3-4H2,1-2H3. The average molecular weight is 324 g/mol. The van der Waals surface area contributed by atoms with E-state index in [-0.39, 0.29) is 0 Å². The highest BCUT2D eigenvalue weighted by Gasteiger charge is 2.19. The van der Waals surface area contributed by atoms with Crippen LogP contribution in [0.2, 0.25) is 0 Å². The van der Waals surface area contributed by atoms with E-state index in [4.69, 9.17) is 4.74 Å². The Labute approximate surface area is 143 Å². The third kappa shape index (κ3) is 6.62. The molecule has 0 aromatic rings. The van der Waals surface area contributed by atoms with E-state index in [1.54, 1.807) is 0 Å². The Hall–Kier alpha value is -0.900. The average Bonchev–Trinajstić information content (AvgIpc) is 3.10. The van der Waals surface area contributed by atoms with Gasteiger partial charge in [-0.1, -0.05) is 20.8 Å². The van der Waals surface area contributed by atoms with Crippen LogP contribution in [0, 0.1) is 17.8 Å². The van der Waals surface area contributed by atoms with E-state index in [1.807, 2.05) is 18.3 Å². The molecule has 6 atom stereocenters. The van der Waals surface area contributed by atoms with E-state index in [0.29, 0.717) is 24.1 Å². The molecule has 3 heterocycles. The van der Waals surface area contributed by atoms with Gasteiger partial charge in [0.25, 0.3) is 0 Å². The lowest BCUT2D eigenvalue weighted by molar-refractivity contribution is 0.109. The monoisotopic (exact) mass is 323 g/mol. The first-order chi connectivity index (χ1) is 10.7. The van der Waals surface area contributed by atoms with Crippen molar-refractivity contribution in [1.29, 1.82) is 0 Å². The molecule has 0 aliphatic carbocycles. The number of nitrogens with zero attached hydrogens (tertiary/aromatic N) is 3. The first kappa shape index (κ1) is 20.1. The fraction of sp³-hybridized carbons (Fsp3) is 0.895. The minimum atomic E-state index is 0.514. The van der Waals surface area contributed by atoms with Crippen LogP contribution in [0.15, 0.2) is 10.1 Å². The Morgan fingerprint density at radius 2 is 1.74 bits per heavy atom. The maximum absolute atomic E-state index is 5.27. The zero-order chi connectivity index (χ0) is 17.6. The highest BCUT2D eigenvalue weighted by atomic mass is 16.5. The molecule has 0 N–H and O–H groups in total. The summed E-state index contributed by atoms with van der Waals surface area (Å²) < 4.78 is 5.27. The van der Waals surface area contributed by atoms with Crippen LogP contribution >= 0.6 is 0 Å². The summed E-state index contributed by atoms with van der Waals surface area (Å²) in [5, 5.41) is 6.10. The molecule has 0 amide bonds. The van der Waals surface area contributed by atoms with Gasteiger partial charge in [-0.25, -0.2) is 0 Å². The third-order valence-corrected chi connectivity index (χ3v) is 5.45. The van der Waals surface area contributed by atoms with E-state index in [0.717, 1.165) is 18.4 Å². The van der Waals surface area contributed by atoms with E-state index in [2.05, 4.69) is 58.6 Å². The van der Waals surface area contributed by atoms with Gasteiger partial charge in [0.05, 0.1) is 12.1 Å². The topological polar surface area (TPSA) is 37.2 Å². The van der Waals surface area contributed by atoms with Crippen LogP contribution in [-0.4, -0.2) is 48.8 Å². The Bertz CT molecular complexity index is 387. The number of hydrogen-bond acceptors (Lipinski definition) is 4. The molecular weight excluding hydrogens is 286 g/mol. The van der Waals surface area contributed by atoms with Crippen LogP contribution in [0.4, 0.5) is 0 Å². The molecule has 0 aromatic heterocycles. The molecule has 1 saturated heterocycles. The lowest BCUT2D eigenvalue weighted by atomic mass is 10.0. The summed E-state index contributed by atoms with van der Waals surface area (Å²) in [4.78, 5) is 4.39. The summed E-state index contributed by atoms with van der Waals surface area (Å²) >= 11 is 0. The van der Waals surface area contributed by atoms with Gasteiger partial charge in [-0.15, -0.1) is 0 Å². The molecule has 1 fully saturated rings. The van der Waals surface area contributed by atoms with Crippen molar-refractivity contribution in [2.75, 3.05) is 13.7 Å². The van der Waals surface area contributed by atoms with E-state index < -0.39 is 0 Å². The highest BCUT2D eigenvalue weighted by Crippen LogP contribution is 2.19. The molecular formula is C19H37N3O. The lowest BCUT2D eigenvalue weighted by Gasteiger charge is -2.16. The van der Waals surface area contributed by atoms with Crippen molar-refractivity contribution in [3.05, 3.63) is 0 Å². The number of hydrazone groups is 1. The molecule has 3 aliphatic heterocycles. The second-order valence-corrected chi connectivity index (χ2v) is 7.57. The largest absolute Gasteiger partial charge is 0.378 e. The number of rotatable bonds is 0. The van der Waals surface area contributed by atoms with Crippen LogP contribution < -0.4 is 0 Å². The second kappa shape index (κ2) is 9.41. The fourth-order valence-electron chi connectivity index (χ4n) is 2.78. The second-order valence-electron chi connectivity index (χ2n) is 7.57. The normalized spacial score (nSPS) is 38.6. The van der Waals surface area contributed by atoms with Crippen molar-refractivity contribution in [2.45, 2.75) is 79.5 Å². The molecule has 0 radical (unpaired) electrons. The summed E-state index contributed by atoms with van der Waals surface area (Å²) in [5.74, 6) is 2.20. The van der Waals surface area contributed by atoms with Crippen molar-refractivity contribution in [3.8, 4) is 0 Å². The molecule has 4 nitrogen and oxygen atoms in total. The molecule has 0 spiro atoms. The van der Waals surface area contributed by atoms with Crippen molar-refractivity contribution in [3.63, 3.8) is 0 Å². The van der Waals surface area contributed by atoms with Crippen LogP contribution in [0.25, 0.3) is 0 Å².